The molecule has 0 aliphatic heterocycles. The van der Waals surface area contributed by atoms with Gasteiger partial charge in [-0.15, -0.1) is 0 Å². The third-order valence-corrected chi connectivity index (χ3v) is 5.72. The zero-order valence-corrected chi connectivity index (χ0v) is 16.8. The number of nitro groups is 1. The Labute approximate surface area is 174 Å². The maximum atomic E-state index is 12.8. The van der Waals surface area contributed by atoms with Crippen LogP contribution in [0.15, 0.2) is 62.3 Å². The zero-order valence-electron chi connectivity index (χ0n) is 14.4. The van der Waals surface area contributed by atoms with E-state index in [1.807, 2.05) is 0 Å². The molecule has 0 spiro atoms. The van der Waals surface area contributed by atoms with Gasteiger partial charge in [-0.25, -0.2) is 14.4 Å². The summed E-state index contributed by atoms with van der Waals surface area (Å²) in [6, 6.07) is 11.5. The summed E-state index contributed by atoms with van der Waals surface area (Å²) in [5.74, 6) is 0.772. The molecule has 29 heavy (non-hydrogen) atoms. The van der Waals surface area contributed by atoms with Crippen molar-refractivity contribution in [2.24, 2.45) is 0 Å². The molecule has 0 unspecified atom stereocenters. The van der Waals surface area contributed by atoms with E-state index in [4.69, 9.17) is 4.42 Å². The number of imidazole rings is 1. The van der Waals surface area contributed by atoms with Gasteiger partial charge in [0.1, 0.15) is 21.6 Å². The van der Waals surface area contributed by atoms with Crippen LogP contribution in [0.2, 0.25) is 0 Å². The Hall–Kier alpha value is -3.37. The van der Waals surface area contributed by atoms with Gasteiger partial charge in [-0.2, -0.15) is 0 Å². The van der Waals surface area contributed by atoms with Gasteiger partial charge in [0.2, 0.25) is 0 Å². The highest BCUT2D eigenvalue weighted by atomic mass is 79.9. The van der Waals surface area contributed by atoms with E-state index in [2.05, 4.69) is 25.9 Å². The molecular formula is C19H9BrN4O4S. The van der Waals surface area contributed by atoms with E-state index in [0.29, 0.717) is 37.7 Å². The lowest BCUT2D eigenvalue weighted by molar-refractivity contribution is -0.384. The molecule has 0 amide bonds. The number of furan rings is 1. The second-order valence-corrected chi connectivity index (χ2v) is 8.04. The lowest BCUT2D eigenvalue weighted by Gasteiger charge is -1.98. The number of nitro benzene ring substituents is 1. The largest absolute Gasteiger partial charge is 0.456 e. The molecule has 5 aromatic rings. The number of halogens is 1. The Morgan fingerprint density at radius 3 is 2.90 bits per heavy atom. The molecule has 10 heteroatoms. The summed E-state index contributed by atoms with van der Waals surface area (Å²) in [5.41, 5.74) is 1.21. The molecule has 4 aromatic heterocycles. The van der Waals surface area contributed by atoms with E-state index in [9.17, 15) is 14.9 Å². The van der Waals surface area contributed by atoms with E-state index in [-0.39, 0.29) is 11.2 Å². The van der Waals surface area contributed by atoms with Gasteiger partial charge in [-0.05, 0) is 40.2 Å². The zero-order chi connectivity index (χ0) is 20.1. The topological polar surface area (TPSA) is 104 Å². The minimum atomic E-state index is -0.457. The van der Waals surface area contributed by atoms with Gasteiger partial charge in [0.15, 0.2) is 10.6 Å². The van der Waals surface area contributed by atoms with Crippen LogP contribution in [-0.2, 0) is 0 Å². The lowest BCUT2D eigenvalue weighted by atomic mass is 10.1. The van der Waals surface area contributed by atoms with Gasteiger partial charge in [-0.3, -0.25) is 14.9 Å². The van der Waals surface area contributed by atoms with Crippen LogP contribution in [0.3, 0.4) is 0 Å². The van der Waals surface area contributed by atoms with Crippen LogP contribution in [0.1, 0.15) is 5.76 Å². The van der Waals surface area contributed by atoms with Crippen LogP contribution in [0.25, 0.3) is 33.5 Å². The number of aromatic nitrogens is 3. The highest BCUT2D eigenvalue weighted by Crippen LogP contribution is 2.31. The first-order chi connectivity index (χ1) is 14.0. The second kappa shape index (κ2) is 6.61. The molecule has 0 saturated heterocycles. The number of hydrogen-bond acceptors (Lipinski definition) is 7. The molecular weight excluding hydrogens is 460 g/mol. The summed E-state index contributed by atoms with van der Waals surface area (Å²) in [6.07, 6.45) is 3.22. The summed E-state index contributed by atoms with van der Waals surface area (Å²) in [4.78, 5) is 32.9. The molecule has 0 atom stereocenters. The van der Waals surface area contributed by atoms with Crippen molar-refractivity contribution in [2.45, 2.75) is 0 Å². The summed E-state index contributed by atoms with van der Waals surface area (Å²) >= 11 is 4.57. The molecule has 0 fully saturated rings. The maximum absolute atomic E-state index is 12.8. The first kappa shape index (κ1) is 17.7. The number of para-hydroxylation sites is 1. The predicted octanol–water partition coefficient (Wildman–Crippen LogP) is 3.78. The Morgan fingerprint density at radius 2 is 2.07 bits per heavy atom. The quantitative estimate of drug-likeness (QED) is 0.294. The summed E-state index contributed by atoms with van der Waals surface area (Å²) in [6.45, 7) is 0. The van der Waals surface area contributed by atoms with Crippen LogP contribution < -0.4 is 10.1 Å². The van der Waals surface area contributed by atoms with Crippen molar-refractivity contribution in [1.29, 1.82) is 0 Å². The average Bonchev–Trinajstić information content (AvgIpc) is 3.37. The second-order valence-electron chi connectivity index (χ2n) is 6.12. The molecule has 1 aromatic carbocycles. The normalized spacial score (nSPS) is 12.2. The molecule has 142 valence electrons. The summed E-state index contributed by atoms with van der Waals surface area (Å²) in [7, 11) is 0. The lowest BCUT2D eigenvalue weighted by Crippen LogP contribution is -2.22. The average molecular weight is 469 g/mol. The van der Waals surface area contributed by atoms with E-state index in [1.165, 1.54) is 21.8 Å². The minimum absolute atomic E-state index is 0.0452. The highest BCUT2D eigenvalue weighted by Gasteiger charge is 2.17. The van der Waals surface area contributed by atoms with Crippen LogP contribution >= 0.6 is 27.3 Å². The van der Waals surface area contributed by atoms with E-state index in [0.717, 1.165) is 4.47 Å². The van der Waals surface area contributed by atoms with Crippen molar-refractivity contribution in [3.63, 3.8) is 0 Å². The number of nitrogens with zero attached hydrogens (tertiary/aromatic N) is 4. The van der Waals surface area contributed by atoms with Crippen molar-refractivity contribution in [3.8, 4) is 11.3 Å². The number of benzene rings is 1. The van der Waals surface area contributed by atoms with Crippen molar-refractivity contribution < 1.29 is 9.34 Å². The predicted molar refractivity (Wildman–Crippen MR) is 112 cm³/mol. The number of rotatable bonds is 3. The SMILES string of the molecule is O=c1/c(=C\c2ccc(-c3ccccc3[N+](=O)[O-])o2)sc2nc3cc(Br)cnc3n12. The fraction of sp³-hybridized carbons (Fsp3) is 0. The van der Waals surface area contributed by atoms with Crippen LogP contribution in [0, 0.1) is 10.1 Å². The molecule has 0 bridgehead atoms. The standard InChI is InChI=1S/C19H9BrN4O4S/c20-10-7-13-17(21-9-10)23-18(25)16(29-19(23)22-13)8-11-5-6-15(28-11)12-3-1-2-4-14(12)24(26)27/h1-9H/b16-8+. The fourth-order valence-corrected chi connectivity index (χ4v) is 4.33. The smallest absolute Gasteiger partial charge is 0.280 e. The Balaban J connectivity index is 1.62. The van der Waals surface area contributed by atoms with Crippen LogP contribution in [0.4, 0.5) is 5.69 Å². The monoisotopic (exact) mass is 468 g/mol. The van der Waals surface area contributed by atoms with Gasteiger partial charge >= 0.3 is 0 Å². The first-order valence-electron chi connectivity index (χ1n) is 8.33. The molecule has 0 N–H and O–H groups in total. The van der Waals surface area contributed by atoms with E-state index < -0.39 is 4.92 Å². The van der Waals surface area contributed by atoms with Crippen LogP contribution in [-0.4, -0.2) is 19.3 Å². The minimum Gasteiger partial charge on any atom is -0.456 e. The number of pyridine rings is 1. The first-order valence-corrected chi connectivity index (χ1v) is 9.94. The Bertz CT molecular complexity index is 1540. The molecule has 0 aliphatic carbocycles. The van der Waals surface area contributed by atoms with Gasteiger partial charge in [-0.1, -0.05) is 23.5 Å². The van der Waals surface area contributed by atoms with Crippen molar-refractivity contribution in [3.05, 3.63) is 83.9 Å². The van der Waals surface area contributed by atoms with Gasteiger partial charge in [0.05, 0.1) is 10.5 Å². The Kier molecular flexibility index (Phi) is 4.03. The molecule has 4 heterocycles. The number of thiazole rings is 1. The molecule has 0 saturated carbocycles. The van der Waals surface area contributed by atoms with Gasteiger partial charge < -0.3 is 4.42 Å². The molecule has 0 aliphatic rings. The van der Waals surface area contributed by atoms with Gasteiger partial charge in [0, 0.05) is 22.8 Å². The van der Waals surface area contributed by atoms with Crippen molar-refractivity contribution >= 4 is 55.2 Å². The highest BCUT2D eigenvalue weighted by molar-refractivity contribution is 9.10. The van der Waals surface area contributed by atoms with Crippen molar-refractivity contribution in [2.75, 3.05) is 0 Å². The Morgan fingerprint density at radius 1 is 1.24 bits per heavy atom. The fourth-order valence-electron chi connectivity index (χ4n) is 3.06. The van der Waals surface area contributed by atoms with Crippen molar-refractivity contribution in [1.82, 2.24) is 14.4 Å². The number of fused-ring (bicyclic) bond motifs is 3. The molecule has 0 radical (unpaired) electrons. The van der Waals surface area contributed by atoms with E-state index >= 15 is 0 Å². The maximum Gasteiger partial charge on any atom is 0.280 e. The summed E-state index contributed by atoms with van der Waals surface area (Å²) in [5, 5.41) is 11.2. The molecule has 5 rings (SSSR count). The number of hydrogen-bond donors (Lipinski definition) is 0. The van der Waals surface area contributed by atoms with Crippen LogP contribution in [0.5, 0.6) is 0 Å². The van der Waals surface area contributed by atoms with E-state index in [1.54, 1.807) is 48.7 Å². The van der Waals surface area contributed by atoms with Gasteiger partial charge in [0.25, 0.3) is 11.2 Å². The molecule has 8 nitrogen and oxygen atoms in total. The third-order valence-electron chi connectivity index (χ3n) is 4.31. The summed E-state index contributed by atoms with van der Waals surface area (Å²) < 4.78 is 8.43. The third kappa shape index (κ3) is 2.93.